The first-order chi connectivity index (χ1) is 12.8. The van der Waals surface area contributed by atoms with Crippen LogP contribution in [0.4, 0.5) is 0 Å². The summed E-state index contributed by atoms with van der Waals surface area (Å²) in [6.45, 7) is 1.28. The van der Waals surface area contributed by atoms with Crippen LogP contribution in [0.25, 0.3) is 22.4 Å². The summed E-state index contributed by atoms with van der Waals surface area (Å²) in [7, 11) is 1.66. The van der Waals surface area contributed by atoms with Crippen LogP contribution in [0.2, 0.25) is 0 Å². The molecule has 4 aromatic rings. The molecule has 0 saturated carbocycles. The van der Waals surface area contributed by atoms with Crippen molar-refractivity contribution in [2.24, 2.45) is 0 Å². The Kier molecular flexibility index (Phi) is 4.56. The van der Waals surface area contributed by atoms with E-state index in [1.807, 2.05) is 60.7 Å². The highest BCUT2D eigenvalue weighted by Crippen LogP contribution is 2.25. The third-order valence-corrected chi connectivity index (χ3v) is 4.33. The molecular formula is C22H20N2O2. The number of nitrogens with zero attached hydrogens (tertiary/aromatic N) is 2. The Labute approximate surface area is 152 Å². The van der Waals surface area contributed by atoms with Crippen molar-refractivity contribution in [2.45, 2.75) is 6.54 Å². The van der Waals surface area contributed by atoms with Crippen LogP contribution in [0.1, 0.15) is 0 Å². The number of ether oxygens (including phenoxy) is 2. The molecule has 4 heteroatoms. The summed E-state index contributed by atoms with van der Waals surface area (Å²) in [5.41, 5.74) is 3.22. The molecule has 0 aliphatic heterocycles. The van der Waals surface area contributed by atoms with E-state index in [-0.39, 0.29) is 0 Å². The lowest BCUT2D eigenvalue weighted by Crippen LogP contribution is -2.09. The van der Waals surface area contributed by atoms with E-state index in [4.69, 9.17) is 14.5 Å². The van der Waals surface area contributed by atoms with Crippen LogP contribution in [-0.4, -0.2) is 23.3 Å². The zero-order chi connectivity index (χ0) is 17.8. The second kappa shape index (κ2) is 7.31. The third kappa shape index (κ3) is 3.26. The summed E-state index contributed by atoms with van der Waals surface area (Å²) in [5, 5.41) is 0. The van der Waals surface area contributed by atoms with Crippen molar-refractivity contribution >= 4 is 11.0 Å². The second-order valence-electron chi connectivity index (χ2n) is 5.97. The molecule has 1 aromatic heterocycles. The Bertz CT molecular complexity index is 992. The maximum Gasteiger partial charge on any atom is 0.141 e. The molecule has 26 heavy (non-hydrogen) atoms. The van der Waals surface area contributed by atoms with Crippen LogP contribution in [0, 0.1) is 0 Å². The Balaban J connectivity index is 1.58. The van der Waals surface area contributed by atoms with Crippen molar-refractivity contribution in [1.29, 1.82) is 0 Å². The maximum absolute atomic E-state index is 5.91. The number of para-hydroxylation sites is 2. The quantitative estimate of drug-likeness (QED) is 0.504. The average Bonchev–Trinajstić information content (AvgIpc) is 3.08. The number of rotatable bonds is 6. The van der Waals surface area contributed by atoms with E-state index in [2.05, 4.69) is 22.8 Å². The largest absolute Gasteiger partial charge is 0.497 e. The Morgan fingerprint density at radius 1 is 0.808 bits per heavy atom. The molecule has 0 amide bonds. The second-order valence-corrected chi connectivity index (χ2v) is 5.97. The fourth-order valence-electron chi connectivity index (χ4n) is 3.04. The molecule has 0 aliphatic carbocycles. The van der Waals surface area contributed by atoms with Gasteiger partial charge in [0.25, 0.3) is 0 Å². The molecule has 0 atom stereocenters. The number of methoxy groups -OCH3 is 1. The molecule has 0 aliphatic rings. The summed E-state index contributed by atoms with van der Waals surface area (Å²) in [6.07, 6.45) is 0. The first-order valence-corrected chi connectivity index (χ1v) is 8.63. The van der Waals surface area contributed by atoms with Gasteiger partial charge in [0.2, 0.25) is 0 Å². The first kappa shape index (κ1) is 16.2. The maximum atomic E-state index is 5.91. The van der Waals surface area contributed by atoms with Gasteiger partial charge in [-0.1, -0.05) is 42.5 Å². The van der Waals surface area contributed by atoms with E-state index >= 15 is 0 Å². The SMILES string of the molecule is COc1ccc(OCCn2c(-c3ccccc3)nc3ccccc32)cc1. The molecule has 4 rings (SSSR count). The van der Waals surface area contributed by atoms with E-state index in [0.717, 1.165) is 40.5 Å². The van der Waals surface area contributed by atoms with Gasteiger partial charge < -0.3 is 14.0 Å². The number of aromatic nitrogens is 2. The molecule has 0 saturated heterocycles. The van der Waals surface area contributed by atoms with E-state index < -0.39 is 0 Å². The van der Waals surface area contributed by atoms with Gasteiger partial charge in [0.15, 0.2) is 0 Å². The lowest BCUT2D eigenvalue weighted by molar-refractivity contribution is 0.300. The highest BCUT2D eigenvalue weighted by molar-refractivity contribution is 5.80. The first-order valence-electron chi connectivity index (χ1n) is 8.63. The molecule has 0 bridgehead atoms. The van der Waals surface area contributed by atoms with Crippen LogP contribution in [0.5, 0.6) is 11.5 Å². The lowest BCUT2D eigenvalue weighted by atomic mass is 10.2. The fourth-order valence-corrected chi connectivity index (χ4v) is 3.04. The molecule has 0 fully saturated rings. The van der Waals surface area contributed by atoms with Crippen LogP contribution in [0.15, 0.2) is 78.9 Å². The average molecular weight is 344 g/mol. The summed E-state index contributed by atoms with van der Waals surface area (Å²) in [4.78, 5) is 4.82. The standard InChI is InChI=1S/C22H20N2O2/c1-25-18-11-13-19(14-12-18)26-16-15-24-21-10-6-5-9-20(21)23-22(24)17-7-3-2-4-8-17/h2-14H,15-16H2,1H3. The predicted molar refractivity (Wildman–Crippen MR) is 104 cm³/mol. The minimum atomic E-state index is 0.562. The molecule has 0 spiro atoms. The topological polar surface area (TPSA) is 36.3 Å². The van der Waals surface area contributed by atoms with Crippen molar-refractivity contribution in [3.05, 3.63) is 78.9 Å². The van der Waals surface area contributed by atoms with Gasteiger partial charge in [0.05, 0.1) is 24.7 Å². The highest BCUT2D eigenvalue weighted by atomic mass is 16.5. The number of hydrogen-bond acceptors (Lipinski definition) is 3. The Morgan fingerprint density at radius 2 is 1.50 bits per heavy atom. The normalized spacial score (nSPS) is 10.8. The number of fused-ring (bicyclic) bond motifs is 1. The molecule has 3 aromatic carbocycles. The van der Waals surface area contributed by atoms with E-state index in [1.165, 1.54) is 0 Å². The van der Waals surface area contributed by atoms with Gasteiger partial charge in [-0.05, 0) is 36.4 Å². The van der Waals surface area contributed by atoms with Crippen molar-refractivity contribution in [3.8, 4) is 22.9 Å². The van der Waals surface area contributed by atoms with Gasteiger partial charge in [-0.15, -0.1) is 0 Å². The van der Waals surface area contributed by atoms with Crippen LogP contribution >= 0.6 is 0 Å². The van der Waals surface area contributed by atoms with Gasteiger partial charge >= 0.3 is 0 Å². The number of hydrogen-bond donors (Lipinski definition) is 0. The summed E-state index contributed by atoms with van der Waals surface area (Å²) < 4.78 is 13.3. The van der Waals surface area contributed by atoms with Gasteiger partial charge in [0.1, 0.15) is 23.9 Å². The van der Waals surface area contributed by atoms with Crippen LogP contribution in [-0.2, 0) is 6.54 Å². The lowest BCUT2D eigenvalue weighted by Gasteiger charge is -2.11. The molecular weight excluding hydrogens is 324 g/mol. The van der Waals surface area contributed by atoms with Crippen molar-refractivity contribution in [3.63, 3.8) is 0 Å². The number of imidazole rings is 1. The molecule has 0 unspecified atom stereocenters. The van der Waals surface area contributed by atoms with Crippen molar-refractivity contribution in [2.75, 3.05) is 13.7 Å². The van der Waals surface area contributed by atoms with Gasteiger partial charge in [-0.25, -0.2) is 4.98 Å². The van der Waals surface area contributed by atoms with E-state index in [9.17, 15) is 0 Å². The van der Waals surface area contributed by atoms with Gasteiger partial charge in [-0.2, -0.15) is 0 Å². The van der Waals surface area contributed by atoms with Gasteiger partial charge in [-0.3, -0.25) is 0 Å². The fraction of sp³-hybridized carbons (Fsp3) is 0.136. The van der Waals surface area contributed by atoms with E-state index in [1.54, 1.807) is 7.11 Å². The van der Waals surface area contributed by atoms with Gasteiger partial charge in [0, 0.05) is 5.56 Å². The monoisotopic (exact) mass is 344 g/mol. The van der Waals surface area contributed by atoms with Crippen LogP contribution < -0.4 is 9.47 Å². The van der Waals surface area contributed by atoms with Crippen molar-refractivity contribution in [1.82, 2.24) is 9.55 Å². The Morgan fingerprint density at radius 3 is 2.27 bits per heavy atom. The highest BCUT2D eigenvalue weighted by Gasteiger charge is 2.12. The zero-order valence-electron chi connectivity index (χ0n) is 14.6. The molecule has 0 radical (unpaired) electrons. The molecule has 1 heterocycles. The molecule has 130 valence electrons. The zero-order valence-corrected chi connectivity index (χ0v) is 14.6. The Hall–Kier alpha value is -3.27. The van der Waals surface area contributed by atoms with E-state index in [0.29, 0.717) is 6.61 Å². The number of benzene rings is 3. The summed E-state index contributed by atoms with van der Waals surface area (Å²) in [6, 6.07) is 26.1. The third-order valence-electron chi connectivity index (χ3n) is 4.33. The van der Waals surface area contributed by atoms with Crippen molar-refractivity contribution < 1.29 is 9.47 Å². The predicted octanol–water partition coefficient (Wildman–Crippen LogP) is 4.79. The smallest absolute Gasteiger partial charge is 0.141 e. The molecule has 0 N–H and O–H groups in total. The minimum absolute atomic E-state index is 0.562. The minimum Gasteiger partial charge on any atom is -0.497 e. The summed E-state index contributed by atoms with van der Waals surface area (Å²) >= 11 is 0. The van der Waals surface area contributed by atoms with Crippen LogP contribution in [0.3, 0.4) is 0 Å². The molecule has 4 nitrogen and oxygen atoms in total. The summed E-state index contributed by atoms with van der Waals surface area (Å²) in [5.74, 6) is 2.62.